The lowest BCUT2D eigenvalue weighted by Crippen LogP contribution is -2.49. The van der Waals surface area contributed by atoms with E-state index in [1.165, 1.54) is 6.33 Å². The number of aryl methyl sites for hydroxylation is 1. The maximum Gasteiger partial charge on any atom is 0.322 e. The van der Waals surface area contributed by atoms with E-state index in [0.29, 0.717) is 40.6 Å². The number of alkyl halides is 1. The Morgan fingerprint density at radius 1 is 1.08 bits per heavy atom. The highest BCUT2D eigenvalue weighted by Crippen LogP contribution is 2.31. The zero-order valence-corrected chi connectivity index (χ0v) is 21.9. The number of aromatic amines is 1. The number of rotatable bonds is 6. The summed E-state index contributed by atoms with van der Waals surface area (Å²) in [4.78, 5) is 33.4. The fourth-order valence-electron chi connectivity index (χ4n) is 5.43. The van der Waals surface area contributed by atoms with E-state index in [1.807, 2.05) is 30.0 Å². The Kier molecular flexibility index (Phi) is 6.64. The number of piperidine rings is 1. The van der Waals surface area contributed by atoms with E-state index in [1.54, 1.807) is 25.3 Å². The van der Waals surface area contributed by atoms with Crippen LogP contribution in [-0.2, 0) is 13.1 Å². The van der Waals surface area contributed by atoms with Gasteiger partial charge in [-0.15, -0.1) is 0 Å². The topological polar surface area (TPSA) is 108 Å². The van der Waals surface area contributed by atoms with E-state index in [0.717, 1.165) is 55.2 Å². The summed E-state index contributed by atoms with van der Waals surface area (Å²) < 4.78 is 25.0. The highest BCUT2D eigenvalue weighted by molar-refractivity contribution is 5.91. The van der Waals surface area contributed by atoms with Gasteiger partial charge in [0.2, 0.25) is 5.88 Å². The minimum Gasteiger partial charge on any atom is -0.497 e. The van der Waals surface area contributed by atoms with Crippen molar-refractivity contribution < 1.29 is 18.7 Å². The molecule has 39 heavy (non-hydrogen) atoms. The molecule has 0 spiro atoms. The predicted octanol–water partition coefficient (Wildman–Crippen LogP) is 4.99. The molecule has 2 aromatic heterocycles. The van der Waals surface area contributed by atoms with Crippen LogP contribution in [0.3, 0.4) is 0 Å². The van der Waals surface area contributed by atoms with Gasteiger partial charge in [0.05, 0.1) is 18.1 Å². The van der Waals surface area contributed by atoms with E-state index in [9.17, 15) is 9.18 Å². The van der Waals surface area contributed by atoms with Crippen molar-refractivity contribution in [1.29, 1.82) is 0 Å². The number of fused-ring (bicyclic) bond motifs is 2. The third-order valence-electron chi connectivity index (χ3n) is 7.43. The van der Waals surface area contributed by atoms with E-state index in [2.05, 4.69) is 30.2 Å². The van der Waals surface area contributed by atoms with Crippen LogP contribution >= 0.6 is 0 Å². The van der Waals surface area contributed by atoms with Crippen molar-refractivity contribution in [2.45, 2.75) is 38.9 Å². The Balaban J connectivity index is 1.11. The monoisotopic (exact) mass is 531 g/mol. The number of hydrogen-bond acceptors (Lipinski definition) is 7. The van der Waals surface area contributed by atoms with Crippen LogP contribution in [0.25, 0.3) is 11.0 Å². The van der Waals surface area contributed by atoms with Gasteiger partial charge in [0, 0.05) is 49.1 Å². The van der Waals surface area contributed by atoms with Gasteiger partial charge >= 0.3 is 6.03 Å². The Bertz CT molecular complexity index is 1520. The van der Waals surface area contributed by atoms with E-state index in [4.69, 9.17) is 9.47 Å². The second kappa shape index (κ2) is 10.4. The number of imidazole rings is 1. The smallest absolute Gasteiger partial charge is 0.322 e. The maximum absolute atomic E-state index is 13.6. The molecule has 1 fully saturated rings. The zero-order chi connectivity index (χ0) is 26.9. The van der Waals surface area contributed by atoms with Crippen LogP contribution in [0.5, 0.6) is 17.4 Å². The Hall–Kier alpha value is -4.41. The standard InChI is InChI=1S/C28H30FN7O3/c1-17-32-24-13-22(12-19(15-29)27(24)33-17)39-26-14-25(30-16-31-26)35-8-6-20(7-9-35)36-10-5-18-11-21(38-2)3-4-23(18)34-28(36)37/h3-4,11-14,16,20H,5-10,15H2,1-2H3,(H,32,33)(H,34,37). The number of hydrogen-bond donors (Lipinski definition) is 2. The van der Waals surface area contributed by atoms with E-state index in [-0.39, 0.29) is 12.1 Å². The number of carbonyl (C=O) groups is 1. The third kappa shape index (κ3) is 5.04. The van der Waals surface area contributed by atoms with Gasteiger partial charge in [-0.1, -0.05) is 0 Å². The first kappa shape index (κ1) is 24.9. The molecule has 0 atom stereocenters. The van der Waals surface area contributed by atoms with E-state index < -0.39 is 6.67 Å². The van der Waals surface area contributed by atoms with Gasteiger partial charge < -0.3 is 29.6 Å². The number of nitrogens with zero attached hydrogens (tertiary/aromatic N) is 5. The summed E-state index contributed by atoms with van der Waals surface area (Å²) in [6.07, 6.45) is 3.88. The minimum absolute atomic E-state index is 0.0631. The van der Waals surface area contributed by atoms with Gasteiger partial charge in [0.15, 0.2) is 0 Å². The summed E-state index contributed by atoms with van der Waals surface area (Å²) in [6, 6.07) is 11.0. The van der Waals surface area contributed by atoms with Gasteiger partial charge in [-0.3, -0.25) is 0 Å². The molecule has 1 saturated heterocycles. The average molecular weight is 532 g/mol. The van der Waals surface area contributed by atoms with Crippen molar-refractivity contribution in [2.24, 2.45) is 0 Å². The molecule has 202 valence electrons. The lowest BCUT2D eigenvalue weighted by atomic mass is 10.0. The molecule has 2 aliphatic heterocycles. The van der Waals surface area contributed by atoms with Crippen molar-refractivity contribution in [3.63, 3.8) is 0 Å². The molecule has 10 nitrogen and oxygen atoms in total. The molecular formula is C28H30FN7O3. The number of H-pyrrole nitrogens is 1. The Morgan fingerprint density at radius 2 is 1.92 bits per heavy atom. The molecule has 11 heteroatoms. The maximum atomic E-state index is 13.6. The van der Waals surface area contributed by atoms with Gasteiger partial charge in [0.25, 0.3) is 0 Å². The molecule has 2 N–H and O–H groups in total. The highest BCUT2D eigenvalue weighted by atomic mass is 19.1. The molecule has 4 heterocycles. The molecule has 0 saturated carbocycles. The fourth-order valence-corrected chi connectivity index (χ4v) is 5.43. The first-order valence-electron chi connectivity index (χ1n) is 13.1. The summed E-state index contributed by atoms with van der Waals surface area (Å²) in [5.41, 5.74) is 3.73. The van der Waals surface area contributed by atoms with Crippen LogP contribution < -0.4 is 19.7 Å². The van der Waals surface area contributed by atoms with Crippen LogP contribution in [0.2, 0.25) is 0 Å². The van der Waals surface area contributed by atoms with Gasteiger partial charge in [0.1, 0.15) is 36.1 Å². The van der Waals surface area contributed by atoms with Crippen molar-refractivity contribution in [3.8, 4) is 17.4 Å². The summed E-state index contributed by atoms with van der Waals surface area (Å²) in [5.74, 6) is 3.10. The van der Waals surface area contributed by atoms with Crippen molar-refractivity contribution >= 4 is 28.6 Å². The Morgan fingerprint density at radius 3 is 2.72 bits per heavy atom. The highest BCUT2D eigenvalue weighted by Gasteiger charge is 2.30. The van der Waals surface area contributed by atoms with Crippen molar-refractivity contribution in [2.75, 3.05) is 37.0 Å². The van der Waals surface area contributed by atoms with Crippen LogP contribution in [0.4, 0.5) is 20.7 Å². The van der Waals surface area contributed by atoms with Crippen LogP contribution in [0, 0.1) is 6.92 Å². The molecule has 0 unspecified atom stereocenters. The zero-order valence-electron chi connectivity index (χ0n) is 21.9. The number of aromatic nitrogens is 4. The lowest BCUT2D eigenvalue weighted by Gasteiger charge is -2.38. The second-order valence-electron chi connectivity index (χ2n) is 9.86. The van der Waals surface area contributed by atoms with E-state index >= 15 is 0 Å². The average Bonchev–Trinajstić information content (AvgIpc) is 3.25. The first-order chi connectivity index (χ1) is 19.0. The van der Waals surface area contributed by atoms with Crippen LogP contribution in [-0.4, -0.2) is 63.7 Å². The lowest BCUT2D eigenvalue weighted by molar-refractivity contribution is 0.177. The molecule has 2 amide bonds. The third-order valence-corrected chi connectivity index (χ3v) is 7.43. The quantitative estimate of drug-likeness (QED) is 0.361. The number of nitrogens with one attached hydrogen (secondary N) is 2. The molecular weight excluding hydrogens is 501 g/mol. The molecule has 0 radical (unpaired) electrons. The summed E-state index contributed by atoms with van der Waals surface area (Å²) in [5, 5.41) is 3.07. The molecule has 6 rings (SSSR count). The van der Waals surface area contributed by atoms with Crippen LogP contribution in [0.1, 0.15) is 29.8 Å². The number of carbonyl (C=O) groups excluding carboxylic acids is 1. The van der Waals surface area contributed by atoms with Gasteiger partial charge in [-0.25, -0.2) is 24.1 Å². The number of halogens is 1. The number of methoxy groups -OCH3 is 1. The number of ether oxygens (including phenoxy) is 2. The molecule has 0 aliphatic carbocycles. The van der Waals surface area contributed by atoms with Gasteiger partial charge in [-0.2, -0.15) is 0 Å². The largest absolute Gasteiger partial charge is 0.497 e. The fraction of sp³-hybridized carbons (Fsp3) is 0.357. The van der Waals surface area contributed by atoms with Crippen molar-refractivity contribution in [1.82, 2.24) is 24.8 Å². The summed E-state index contributed by atoms with van der Waals surface area (Å²) >= 11 is 0. The minimum atomic E-state index is -0.630. The second-order valence-corrected chi connectivity index (χ2v) is 9.86. The molecule has 4 aromatic rings. The SMILES string of the molecule is COc1ccc2c(c1)CCN(C1CCN(c3cc(Oc4cc(CF)c5[nH]c(C)nc5c4)ncn3)CC1)C(=O)N2. The number of amides is 2. The van der Waals surface area contributed by atoms with Crippen LogP contribution in [0.15, 0.2) is 42.7 Å². The molecule has 2 aromatic carbocycles. The number of anilines is 2. The predicted molar refractivity (Wildman–Crippen MR) is 145 cm³/mol. The van der Waals surface area contributed by atoms with Gasteiger partial charge in [-0.05, 0) is 56.0 Å². The first-order valence-corrected chi connectivity index (χ1v) is 13.1. The number of benzene rings is 2. The summed E-state index contributed by atoms with van der Waals surface area (Å²) in [6.45, 7) is 3.35. The molecule has 2 aliphatic rings. The van der Waals surface area contributed by atoms with Crippen molar-refractivity contribution in [3.05, 3.63) is 59.7 Å². The number of urea groups is 1. The normalized spacial score (nSPS) is 16.1. The summed E-state index contributed by atoms with van der Waals surface area (Å²) in [7, 11) is 1.65. The Labute approximate surface area is 225 Å². The molecule has 0 bridgehead atoms.